The normalized spacial score (nSPS) is 27.8. The van der Waals surface area contributed by atoms with Gasteiger partial charge in [-0.1, -0.05) is 30.5 Å². The summed E-state index contributed by atoms with van der Waals surface area (Å²) in [5, 5.41) is 9.97. The zero-order valence-electron chi connectivity index (χ0n) is 13.2. The topological polar surface area (TPSA) is 40.5 Å². The van der Waals surface area contributed by atoms with Crippen molar-refractivity contribution in [1.29, 1.82) is 0 Å². The van der Waals surface area contributed by atoms with Crippen LogP contribution in [0.5, 0.6) is 0 Å². The van der Waals surface area contributed by atoms with Crippen LogP contribution in [0.15, 0.2) is 18.2 Å². The van der Waals surface area contributed by atoms with E-state index in [1.165, 1.54) is 18.9 Å². The Balaban J connectivity index is 1.64. The van der Waals surface area contributed by atoms with Crippen LogP contribution in [-0.2, 0) is 11.2 Å². The summed E-state index contributed by atoms with van der Waals surface area (Å²) >= 11 is 6.07. The summed E-state index contributed by atoms with van der Waals surface area (Å²) in [6, 6.07) is 4.75. The third-order valence-electron chi connectivity index (χ3n) is 5.41. The van der Waals surface area contributed by atoms with Gasteiger partial charge >= 0.3 is 5.97 Å². The molecule has 1 aromatic rings. The molecule has 0 bridgehead atoms. The Bertz CT molecular complexity index is 560. The molecule has 1 aliphatic heterocycles. The number of carbonyl (C=O) groups is 1. The van der Waals surface area contributed by atoms with E-state index >= 15 is 0 Å². The first-order valence-corrected chi connectivity index (χ1v) is 8.87. The largest absolute Gasteiger partial charge is 0.480 e. The van der Waals surface area contributed by atoms with Crippen molar-refractivity contribution in [2.24, 2.45) is 5.92 Å². The Morgan fingerprint density at radius 3 is 2.87 bits per heavy atom. The van der Waals surface area contributed by atoms with Crippen molar-refractivity contribution in [3.05, 3.63) is 34.6 Å². The molecular weight excluding hydrogens is 317 g/mol. The molecule has 3 unspecified atom stereocenters. The summed E-state index contributed by atoms with van der Waals surface area (Å²) in [4.78, 5) is 13.7. The van der Waals surface area contributed by atoms with Gasteiger partial charge < -0.3 is 5.11 Å². The molecule has 2 aliphatic rings. The molecule has 3 nitrogen and oxygen atoms in total. The Morgan fingerprint density at radius 1 is 1.35 bits per heavy atom. The van der Waals surface area contributed by atoms with Gasteiger partial charge in [0.25, 0.3) is 0 Å². The highest BCUT2D eigenvalue weighted by molar-refractivity contribution is 6.31. The Morgan fingerprint density at radius 2 is 2.13 bits per heavy atom. The van der Waals surface area contributed by atoms with Gasteiger partial charge in [-0.3, -0.25) is 9.69 Å². The number of carboxylic acid groups (broad SMARTS) is 1. The first-order valence-electron chi connectivity index (χ1n) is 8.49. The minimum Gasteiger partial charge on any atom is -0.480 e. The maximum absolute atomic E-state index is 13.8. The van der Waals surface area contributed by atoms with Crippen LogP contribution in [0.25, 0.3) is 0 Å². The van der Waals surface area contributed by atoms with Gasteiger partial charge in [-0.2, -0.15) is 0 Å². The lowest BCUT2D eigenvalue weighted by molar-refractivity contribution is -0.142. The smallest absolute Gasteiger partial charge is 0.320 e. The molecule has 2 fully saturated rings. The fraction of sp³-hybridized carbons (Fsp3) is 0.611. The summed E-state index contributed by atoms with van der Waals surface area (Å²) in [7, 11) is 0. The number of nitrogens with zero attached hydrogens (tertiary/aromatic N) is 1. The van der Waals surface area contributed by atoms with Gasteiger partial charge in [-0.15, -0.1) is 0 Å². The van der Waals surface area contributed by atoms with E-state index in [1.807, 2.05) is 0 Å². The number of carboxylic acids is 1. The quantitative estimate of drug-likeness (QED) is 0.876. The minimum absolute atomic E-state index is 0.274. The predicted molar refractivity (Wildman–Crippen MR) is 88.2 cm³/mol. The molecule has 5 heteroatoms. The van der Waals surface area contributed by atoms with Crippen molar-refractivity contribution in [3.8, 4) is 0 Å². The van der Waals surface area contributed by atoms with E-state index in [0.29, 0.717) is 35.5 Å². The Hall–Kier alpha value is -1.13. The number of aliphatic carboxylic acids is 1. The molecule has 1 aromatic carbocycles. The maximum atomic E-state index is 13.8. The van der Waals surface area contributed by atoms with E-state index in [9.17, 15) is 14.3 Å². The monoisotopic (exact) mass is 339 g/mol. The zero-order valence-corrected chi connectivity index (χ0v) is 13.9. The van der Waals surface area contributed by atoms with Gasteiger partial charge in [0.15, 0.2) is 0 Å². The van der Waals surface area contributed by atoms with Crippen molar-refractivity contribution in [2.45, 2.75) is 57.0 Å². The van der Waals surface area contributed by atoms with E-state index in [0.717, 1.165) is 25.7 Å². The van der Waals surface area contributed by atoms with Crippen molar-refractivity contribution in [2.75, 3.05) is 6.54 Å². The molecule has 1 saturated heterocycles. The van der Waals surface area contributed by atoms with Crippen molar-refractivity contribution in [1.82, 2.24) is 4.90 Å². The number of rotatable bonds is 5. The maximum Gasteiger partial charge on any atom is 0.320 e. The molecule has 1 aliphatic carbocycles. The second-order valence-electron chi connectivity index (χ2n) is 6.74. The summed E-state index contributed by atoms with van der Waals surface area (Å²) < 4.78 is 13.8. The minimum atomic E-state index is -0.719. The van der Waals surface area contributed by atoms with Crippen LogP contribution in [0.1, 0.15) is 44.1 Å². The molecule has 3 rings (SSSR count). The van der Waals surface area contributed by atoms with Crippen LogP contribution in [0, 0.1) is 11.7 Å². The molecule has 1 N–H and O–H groups in total. The average Bonchev–Trinajstić information content (AvgIpc) is 2.89. The molecule has 0 amide bonds. The third-order valence-corrected chi connectivity index (χ3v) is 5.77. The van der Waals surface area contributed by atoms with Crippen molar-refractivity contribution >= 4 is 17.6 Å². The van der Waals surface area contributed by atoms with Crippen LogP contribution >= 0.6 is 11.6 Å². The van der Waals surface area contributed by atoms with Crippen molar-refractivity contribution in [3.63, 3.8) is 0 Å². The highest BCUT2D eigenvalue weighted by Crippen LogP contribution is 2.39. The Kier molecular flexibility index (Phi) is 5.22. The molecule has 3 atom stereocenters. The van der Waals surface area contributed by atoms with Gasteiger partial charge in [0.2, 0.25) is 0 Å². The summed E-state index contributed by atoms with van der Waals surface area (Å²) in [5.74, 6) is -0.477. The Labute approximate surface area is 141 Å². The molecule has 1 saturated carbocycles. The van der Waals surface area contributed by atoms with Gasteiger partial charge in [-0.05, 0) is 56.7 Å². The van der Waals surface area contributed by atoms with E-state index < -0.39 is 5.97 Å². The second kappa shape index (κ2) is 7.18. The van der Waals surface area contributed by atoms with E-state index in [4.69, 9.17) is 11.6 Å². The van der Waals surface area contributed by atoms with E-state index in [1.54, 1.807) is 12.1 Å². The van der Waals surface area contributed by atoms with Crippen LogP contribution in [0.4, 0.5) is 4.39 Å². The van der Waals surface area contributed by atoms with Gasteiger partial charge in [0, 0.05) is 16.6 Å². The average molecular weight is 340 g/mol. The van der Waals surface area contributed by atoms with Crippen LogP contribution in [-0.4, -0.2) is 34.6 Å². The SMILES string of the molecule is O=C(O)C1CC2CCCCC2N1CCCc1c(F)cccc1Cl. The predicted octanol–water partition coefficient (Wildman–Crippen LogP) is 4.13. The zero-order chi connectivity index (χ0) is 16.4. The number of benzene rings is 1. The first-order chi connectivity index (χ1) is 11.1. The number of hydrogen-bond donors (Lipinski definition) is 1. The molecular formula is C18H23ClFNO2. The third kappa shape index (κ3) is 3.53. The van der Waals surface area contributed by atoms with Crippen LogP contribution < -0.4 is 0 Å². The van der Waals surface area contributed by atoms with Gasteiger partial charge in [-0.25, -0.2) is 4.39 Å². The molecule has 0 radical (unpaired) electrons. The number of halogens is 2. The lowest BCUT2D eigenvalue weighted by Gasteiger charge is -2.33. The van der Waals surface area contributed by atoms with E-state index in [-0.39, 0.29) is 11.9 Å². The van der Waals surface area contributed by atoms with Crippen LogP contribution in [0.3, 0.4) is 0 Å². The standard InChI is InChI=1S/C18H23ClFNO2/c19-14-7-3-8-15(20)13(14)6-4-10-21-16-9-2-1-5-12(16)11-17(21)18(22)23/h3,7-8,12,16-17H,1-2,4-6,9-11H2,(H,22,23). The van der Waals surface area contributed by atoms with Gasteiger partial charge in [0.1, 0.15) is 11.9 Å². The summed E-state index contributed by atoms with van der Waals surface area (Å²) in [5.41, 5.74) is 0.542. The highest BCUT2D eigenvalue weighted by atomic mass is 35.5. The fourth-order valence-corrected chi connectivity index (χ4v) is 4.58. The number of hydrogen-bond acceptors (Lipinski definition) is 2. The lowest BCUT2D eigenvalue weighted by Crippen LogP contribution is -2.42. The fourth-order valence-electron chi connectivity index (χ4n) is 4.33. The number of likely N-dealkylation sites (tertiary alicyclic amines) is 1. The van der Waals surface area contributed by atoms with Crippen molar-refractivity contribution < 1.29 is 14.3 Å². The lowest BCUT2D eigenvalue weighted by atomic mass is 9.84. The molecule has 1 heterocycles. The molecule has 0 spiro atoms. The molecule has 23 heavy (non-hydrogen) atoms. The first kappa shape index (κ1) is 16.7. The van der Waals surface area contributed by atoms with Gasteiger partial charge in [0.05, 0.1) is 0 Å². The number of fused-ring (bicyclic) bond motifs is 1. The molecule has 126 valence electrons. The summed E-state index contributed by atoms with van der Waals surface area (Å²) in [6.07, 6.45) is 6.67. The van der Waals surface area contributed by atoms with E-state index in [2.05, 4.69) is 4.90 Å². The molecule has 0 aromatic heterocycles. The summed E-state index contributed by atoms with van der Waals surface area (Å²) in [6.45, 7) is 0.697. The van der Waals surface area contributed by atoms with Crippen LogP contribution in [0.2, 0.25) is 5.02 Å². The highest BCUT2D eigenvalue weighted by Gasteiger charge is 2.44. The second-order valence-corrected chi connectivity index (χ2v) is 7.15.